The molecule has 25 heavy (non-hydrogen) atoms. The normalized spacial score (nSPS) is 11.9. The molecule has 0 aliphatic heterocycles. The third kappa shape index (κ3) is 4.70. The SMILES string of the molecule is CC(CC(=O)NCc1ccccc1)c1nc(-c2ccc(Cl)cc2)co1. The van der Waals surface area contributed by atoms with Gasteiger partial charge in [0.25, 0.3) is 0 Å². The quantitative estimate of drug-likeness (QED) is 0.691. The van der Waals surface area contributed by atoms with Gasteiger partial charge in [-0.1, -0.05) is 61.0 Å². The largest absolute Gasteiger partial charge is 0.448 e. The van der Waals surface area contributed by atoms with Crippen molar-refractivity contribution in [3.05, 3.63) is 77.3 Å². The first-order valence-electron chi connectivity index (χ1n) is 8.14. The Morgan fingerprint density at radius 3 is 2.60 bits per heavy atom. The lowest BCUT2D eigenvalue weighted by atomic mass is 10.1. The van der Waals surface area contributed by atoms with Crippen molar-refractivity contribution in [2.45, 2.75) is 25.8 Å². The lowest BCUT2D eigenvalue weighted by molar-refractivity contribution is -0.121. The second-order valence-corrected chi connectivity index (χ2v) is 6.38. The monoisotopic (exact) mass is 354 g/mol. The molecular weight excluding hydrogens is 336 g/mol. The topological polar surface area (TPSA) is 55.1 Å². The second kappa shape index (κ2) is 7.99. The van der Waals surface area contributed by atoms with Crippen LogP contribution < -0.4 is 5.32 Å². The Morgan fingerprint density at radius 2 is 1.88 bits per heavy atom. The Kier molecular flexibility index (Phi) is 5.51. The van der Waals surface area contributed by atoms with Crippen molar-refractivity contribution < 1.29 is 9.21 Å². The molecular formula is C20H19ClN2O2. The van der Waals surface area contributed by atoms with Crippen molar-refractivity contribution in [2.75, 3.05) is 0 Å². The molecule has 5 heteroatoms. The maximum atomic E-state index is 12.1. The van der Waals surface area contributed by atoms with Crippen LogP contribution in [0.5, 0.6) is 0 Å². The smallest absolute Gasteiger partial charge is 0.221 e. The lowest BCUT2D eigenvalue weighted by Gasteiger charge is -2.08. The zero-order chi connectivity index (χ0) is 17.6. The van der Waals surface area contributed by atoms with E-state index in [1.807, 2.05) is 61.5 Å². The van der Waals surface area contributed by atoms with Crippen LogP contribution in [0.3, 0.4) is 0 Å². The Balaban J connectivity index is 1.57. The average molecular weight is 355 g/mol. The molecule has 0 aliphatic carbocycles. The number of benzene rings is 2. The molecule has 0 saturated carbocycles. The first kappa shape index (κ1) is 17.2. The summed E-state index contributed by atoms with van der Waals surface area (Å²) in [4.78, 5) is 16.6. The number of nitrogens with zero attached hydrogens (tertiary/aromatic N) is 1. The molecule has 4 nitrogen and oxygen atoms in total. The standard InChI is InChI=1S/C20H19ClN2O2/c1-14(11-19(24)22-12-15-5-3-2-4-6-15)20-23-18(13-25-20)16-7-9-17(21)10-8-16/h2-10,13-14H,11-12H2,1H3,(H,22,24). The molecule has 1 atom stereocenters. The number of halogens is 1. The molecule has 3 rings (SSSR count). The highest BCUT2D eigenvalue weighted by molar-refractivity contribution is 6.30. The molecule has 1 unspecified atom stereocenters. The summed E-state index contributed by atoms with van der Waals surface area (Å²) in [5.41, 5.74) is 2.74. The molecule has 1 amide bonds. The Bertz CT molecular complexity index is 828. The number of rotatable bonds is 6. The summed E-state index contributed by atoms with van der Waals surface area (Å²) >= 11 is 5.90. The van der Waals surface area contributed by atoms with Crippen molar-refractivity contribution in [2.24, 2.45) is 0 Å². The molecule has 0 spiro atoms. The van der Waals surface area contributed by atoms with Gasteiger partial charge in [0.15, 0.2) is 5.89 Å². The van der Waals surface area contributed by atoms with Gasteiger partial charge >= 0.3 is 0 Å². The van der Waals surface area contributed by atoms with Crippen LogP contribution in [0.15, 0.2) is 65.3 Å². The van der Waals surface area contributed by atoms with Crippen molar-refractivity contribution >= 4 is 17.5 Å². The fraction of sp³-hybridized carbons (Fsp3) is 0.200. The van der Waals surface area contributed by atoms with Gasteiger partial charge in [0.1, 0.15) is 12.0 Å². The van der Waals surface area contributed by atoms with Crippen molar-refractivity contribution in [3.63, 3.8) is 0 Å². The van der Waals surface area contributed by atoms with E-state index in [0.29, 0.717) is 23.9 Å². The minimum Gasteiger partial charge on any atom is -0.448 e. The van der Waals surface area contributed by atoms with Crippen LogP contribution in [-0.2, 0) is 11.3 Å². The summed E-state index contributed by atoms with van der Waals surface area (Å²) in [7, 11) is 0. The van der Waals surface area contributed by atoms with Gasteiger partial charge in [-0.2, -0.15) is 0 Å². The van der Waals surface area contributed by atoms with Crippen LogP contribution in [0.2, 0.25) is 5.02 Å². The van der Waals surface area contributed by atoms with Gasteiger partial charge in [-0.25, -0.2) is 4.98 Å². The predicted molar refractivity (Wildman–Crippen MR) is 98.3 cm³/mol. The molecule has 0 fully saturated rings. The minimum atomic E-state index is -0.100. The fourth-order valence-electron chi connectivity index (χ4n) is 2.50. The molecule has 1 aromatic heterocycles. The van der Waals surface area contributed by atoms with Crippen molar-refractivity contribution in [1.82, 2.24) is 10.3 Å². The first-order valence-corrected chi connectivity index (χ1v) is 8.51. The zero-order valence-corrected chi connectivity index (χ0v) is 14.7. The van der Waals surface area contributed by atoms with E-state index in [4.69, 9.17) is 16.0 Å². The van der Waals surface area contributed by atoms with Gasteiger partial charge in [-0.15, -0.1) is 0 Å². The average Bonchev–Trinajstić information content (AvgIpc) is 3.12. The maximum Gasteiger partial charge on any atom is 0.221 e. The Labute approximate surface area is 151 Å². The van der Waals surface area contributed by atoms with Crippen molar-refractivity contribution in [1.29, 1.82) is 0 Å². The molecule has 2 aromatic carbocycles. The van der Waals surface area contributed by atoms with E-state index < -0.39 is 0 Å². The zero-order valence-electron chi connectivity index (χ0n) is 13.9. The van der Waals surface area contributed by atoms with Crippen molar-refractivity contribution in [3.8, 4) is 11.3 Å². The summed E-state index contributed by atoms with van der Waals surface area (Å²) in [6, 6.07) is 17.2. The van der Waals surface area contributed by atoms with E-state index in [9.17, 15) is 4.79 Å². The van der Waals surface area contributed by atoms with Gasteiger partial charge in [0.2, 0.25) is 5.91 Å². The highest BCUT2D eigenvalue weighted by atomic mass is 35.5. The number of oxazole rings is 1. The van der Waals surface area contributed by atoms with E-state index in [0.717, 1.165) is 16.8 Å². The molecule has 0 aliphatic rings. The summed E-state index contributed by atoms with van der Waals surface area (Å²) < 4.78 is 5.55. The van der Waals surface area contributed by atoms with Crippen LogP contribution in [0, 0.1) is 0 Å². The van der Waals surface area contributed by atoms with E-state index in [-0.39, 0.29) is 11.8 Å². The maximum absolute atomic E-state index is 12.1. The van der Waals surface area contributed by atoms with Crippen LogP contribution in [-0.4, -0.2) is 10.9 Å². The van der Waals surface area contributed by atoms with Crippen LogP contribution in [0.4, 0.5) is 0 Å². The highest BCUT2D eigenvalue weighted by Gasteiger charge is 2.17. The summed E-state index contributed by atoms with van der Waals surface area (Å²) in [6.45, 7) is 2.45. The van der Waals surface area contributed by atoms with E-state index >= 15 is 0 Å². The number of carbonyl (C=O) groups excluding carboxylic acids is 1. The molecule has 3 aromatic rings. The summed E-state index contributed by atoms with van der Waals surface area (Å²) in [6.07, 6.45) is 1.93. The molecule has 0 saturated heterocycles. The predicted octanol–water partition coefficient (Wildman–Crippen LogP) is 4.81. The summed E-state index contributed by atoms with van der Waals surface area (Å²) in [5.74, 6) is 0.430. The third-order valence-corrected chi connectivity index (χ3v) is 4.16. The van der Waals surface area contributed by atoms with E-state index in [1.54, 1.807) is 6.26 Å². The van der Waals surface area contributed by atoms with Gasteiger partial charge in [0.05, 0.1) is 0 Å². The second-order valence-electron chi connectivity index (χ2n) is 5.95. The number of carbonyl (C=O) groups is 1. The van der Waals surface area contributed by atoms with E-state index in [2.05, 4.69) is 10.3 Å². The van der Waals surface area contributed by atoms with Gasteiger partial charge < -0.3 is 9.73 Å². The molecule has 128 valence electrons. The first-order chi connectivity index (χ1) is 12.1. The molecule has 0 radical (unpaired) electrons. The molecule has 1 heterocycles. The number of aromatic nitrogens is 1. The summed E-state index contributed by atoms with van der Waals surface area (Å²) in [5, 5.41) is 3.60. The number of amides is 1. The van der Waals surface area contributed by atoms with E-state index in [1.165, 1.54) is 0 Å². The van der Waals surface area contributed by atoms with Crippen LogP contribution >= 0.6 is 11.6 Å². The van der Waals surface area contributed by atoms with Gasteiger partial charge in [-0.3, -0.25) is 4.79 Å². The Morgan fingerprint density at radius 1 is 1.16 bits per heavy atom. The van der Waals surface area contributed by atoms with Gasteiger partial charge in [0, 0.05) is 29.5 Å². The minimum absolute atomic E-state index is 0.0254. The number of hydrogen-bond acceptors (Lipinski definition) is 3. The molecule has 0 bridgehead atoms. The number of hydrogen-bond donors (Lipinski definition) is 1. The lowest BCUT2D eigenvalue weighted by Crippen LogP contribution is -2.24. The number of nitrogens with one attached hydrogen (secondary N) is 1. The molecule has 1 N–H and O–H groups in total. The third-order valence-electron chi connectivity index (χ3n) is 3.91. The van der Waals surface area contributed by atoms with Crippen LogP contribution in [0.1, 0.15) is 30.7 Å². The highest BCUT2D eigenvalue weighted by Crippen LogP contribution is 2.25. The Hall–Kier alpha value is -2.59. The fourth-order valence-corrected chi connectivity index (χ4v) is 2.63. The van der Waals surface area contributed by atoms with Crippen LogP contribution in [0.25, 0.3) is 11.3 Å². The van der Waals surface area contributed by atoms with Gasteiger partial charge in [-0.05, 0) is 17.7 Å².